The van der Waals surface area contributed by atoms with Crippen LogP contribution in [0.3, 0.4) is 0 Å². The van der Waals surface area contributed by atoms with E-state index in [0.29, 0.717) is 0 Å². The number of hydrogen-bond donors (Lipinski definition) is 0. The van der Waals surface area contributed by atoms with Gasteiger partial charge in [-0.1, -0.05) is 0 Å². The average molecular weight is 1010 g/mol. The van der Waals surface area contributed by atoms with Crippen LogP contribution in [0, 0.1) is 125 Å². The van der Waals surface area contributed by atoms with E-state index in [1.807, 2.05) is 0 Å². The number of benzene rings is 6. The van der Waals surface area contributed by atoms with Crippen LogP contribution >= 0.6 is 0 Å². The van der Waals surface area contributed by atoms with Gasteiger partial charge in [-0.15, -0.1) is 0 Å². The molecule has 1 aliphatic carbocycles. The summed E-state index contributed by atoms with van der Waals surface area (Å²) in [4.78, 5) is 2.71. The molecule has 0 saturated carbocycles. The van der Waals surface area contributed by atoms with Crippen molar-refractivity contribution >= 4 is 33.9 Å². The third-order valence-corrected chi connectivity index (χ3v) is 20.7. The van der Waals surface area contributed by atoms with E-state index in [2.05, 4.69) is 168 Å². The van der Waals surface area contributed by atoms with Gasteiger partial charge < -0.3 is 0 Å². The topological polar surface area (TPSA) is 3.24 Å². The number of hydrogen-bond acceptors (Lipinski definition) is 1. The van der Waals surface area contributed by atoms with E-state index in [-0.39, 0.29) is 5.41 Å². The van der Waals surface area contributed by atoms with Crippen LogP contribution in [-0.4, -0.2) is 0 Å². The molecule has 291 valence electrons. The summed E-state index contributed by atoms with van der Waals surface area (Å²) in [6, 6.07) is 11.0. The first kappa shape index (κ1) is 39.6. The van der Waals surface area contributed by atoms with Crippen molar-refractivity contribution in [3.05, 3.63) is 136 Å². The second-order valence-corrected chi connectivity index (χ2v) is 21.7. The van der Waals surface area contributed by atoms with E-state index in [4.69, 9.17) is 0 Å². The van der Waals surface area contributed by atoms with E-state index >= 15 is 0 Å². The standard InChI is InChI=1S/C55H64N.Rf/c1-26-25-27(2)50-48(28(26)3)49-45-24-22-21-23-44(45)47(43(18)51(49)55(50,19)20)46-35(10)41(16)54(42(17)36(46)11)56(52-37(12)31(6)29(4)32(7)38(52)13)53-39(14)33(8)30(5)34(9)40(53)15;/h21-24H,1-20H3;. The van der Waals surface area contributed by atoms with Gasteiger partial charge in [-0.2, -0.15) is 0 Å². The Morgan fingerprint density at radius 2 is 0.649 bits per heavy atom. The van der Waals surface area contributed by atoms with Crippen LogP contribution < -0.4 is 11.0 Å². The Morgan fingerprint density at radius 1 is 0.333 bits per heavy atom. The third-order valence-electron chi connectivity index (χ3n) is 15.9. The number of anilines is 3. The molecular weight excluding hydrogens is 942 g/mol. The Hall–Kier alpha value is -5.62. The van der Waals surface area contributed by atoms with Gasteiger partial charge in [0, 0.05) is 0 Å². The predicted octanol–water partition coefficient (Wildman–Crippen LogP) is 15.0. The Morgan fingerprint density at radius 3 is 1.05 bits per heavy atom. The molecule has 57 heavy (non-hydrogen) atoms. The molecule has 0 saturated heterocycles. The zero-order valence-electron chi connectivity index (χ0n) is 39.0. The third kappa shape index (κ3) is 5.01. The van der Waals surface area contributed by atoms with E-state index in [1.165, 1.54) is 156 Å². The van der Waals surface area contributed by atoms with Gasteiger partial charge in [0.05, 0.1) is 11.4 Å². The van der Waals surface area contributed by atoms with Crippen molar-refractivity contribution in [1.29, 1.82) is 0 Å². The van der Waals surface area contributed by atoms with Crippen LogP contribution in [0.1, 0.15) is 125 Å². The van der Waals surface area contributed by atoms with Crippen molar-refractivity contribution in [2.24, 2.45) is 0 Å². The second-order valence-electron chi connectivity index (χ2n) is 18.5. The van der Waals surface area contributed by atoms with Gasteiger partial charge in [0.15, 0.2) is 0 Å². The molecule has 0 fully saturated rings. The van der Waals surface area contributed by atoms with Crippen LogP contribution in [0.4, 0.5) is 17.1 Å². The van der Waals surface area contributed by atoms with Crippen LogP contribution in [0.25, 0.3) is 33.0 Å². The molecule has 0 aromatic heterocycles. The molecule has 0 aliphatic heterocycles. The summed E-state index contributed by atoms with van der Waals surface area (Å²) in [5.41, 5.74) is 38.0. The number of nitrogens with zero attached hydrogens (tertiary/aromatic N) is 1. The average Bonchev–Trinajstić information content (AvgIpc) is 3.43. The monoisotopic (exact) mass is 1010 g/mol. The van der Waals surface area contributed by atoms with Crippen LogP contribution in [0.15, 0.2) is 24.3 Å². The van der Waals surface area contributed by atoms with Crippen molar-refractivity contribution in [2.75, 3.05) is 4.90 Å². The summed E-state index contributed by atoms with van der Waals surface area (Å²) in [6.45, 7) is 47.5. The molecule has 0 spiro atoms. The Labute approximate surface area is 339 Å². The first-order chi connectivity index (χ1) is 26.5. The van der Waals surface area contributed by atoms with Crippen LogP contribution in [0.5, 0.6) is 0 Å². The van der Waals surface area contributed by atoms with Gasteiger partial charge >= 0.3 is 204 Å². The molecule has 1 nitrogen and oxygen atoms in total. The molecule has 0 atom stereocenters. The van der Waals surface area contributed by atoms with Gasteiger partial charge in [0.25, 0.3) is 0 Å². The van der Waals surface area contributed by atoms with E-state index in [9.17, 15) is 0 Å². The molecular formula is C55H64NRf. The zero-order chi connectivity index (χ0) is 42.2. The zero-order valence-corrected chi connectivity index (χ0v) is 45.4. The largest absolute Gasteiger partial charge is 0.0429 e. The van der Waals surface area contributed by atoms with Gasteiger partial charge in [-0.3, -0.25) is 0 Å². The number of fused-ring (bicyclic) bond motifs is 5. The second kappa shape index (κ2) is 13.0. The van der Waals surface area contributed by atoms with Crippen molar-refractivity contribution in [3.63, 3.8) is 0 Å². The molecule has 0 radical (unpaired) electrons. The van der Waals surface area contributed by atoms with E-state index in [1.54, 1.807) is 11.6 Å². The molecule has 7 rings (SSSR count). The smallest absolute Gasteiger partial charge is 0.0235 e. The molecule has 0 amide bonds. The molecule has 6 aromatic carbocycles. The Bertz CT molecular complexity index is 2630. The molecule has 0 heterocycles. The summed E-state index contributed by atoms with van der Waals surface area (Å²) in [5.74, 6) is 0. The first-order valence-electron chi connectivity index (χ1n) is 21.1. The summed E-state index contributed by atoms with van der Waals surface area (Å²) >= 11 is 0. The molecule has 6 aromatic rings. The fourth-order valence-corrected chi connectivity index (χ4v) is 13.3. The Kier molecular flexibility index (Phi) is 9.00. The summed E-state index contributed by atoms with van der Waals surface area (Å²) in [7, 11) is 0. The molecule has 0 N–H and O–H groups in total. The molecule has 0 unspecified atom stereocenters. The van der Waals surface area contributed by atoms with Crippen molar-refractivity contribution < 1.29 is 0 Å². The first-order valence-corrected chi connectivity index (χ1v) is 24.3. The quantitative estimate of drug-likeness (QED) is 0.170. The summed E-state index contributed by atoms with van der Waals surface area (Å²) in [5, 5.41) is 2.76. The van der Waals surface area contributed by atoms with Gasteiger partial charge in [-0.25, -0.2) is 0 Å². The minimum absolute atomic E-state index is 0.0956. The fourth-order valence-electron chi connectivity index (χ4n) is 11.3. The van der Waals surface area contributed by atoms with Gasteiger partial charge in [0.1, 0.15) is 0 Å². The Balaban J connectivity index is 1.64. The minimum atomic E-state index is -0.0956. The van der Waals surface area contributed by atoms with Gasteiger partial charge in [0.2, 0.25) is 0 Å². The summed E-state index contributed by atoms with van der Waals surface area (Å²) < 4.78 is 0.421. The SMILES string of the molecule is Cc1c(C)c(C)c(N(c2c(C)c(C)c(C)c(C)c2C)c2c(C)c(C)c(-c3c(C)c4c(c5ccccc35)-c3c(C)c(C)[c]([Rf])c(C)c3C4(C)C)c(C)c2C)c(C)c1C. The van der Waals surface area contributed by atoms with Crippen molar-refractivity contribution in [2.45, 2.75) is 144 Å². The van der Waals surface area contributed by atoms with E-state index < -0.39 is 0 Å². The molecule has 0 bridgehead atoms. The van der Waals surface area contributed by atoms with Crippen molar-refractivity contribution in [1.82, 2.24) is 0 Å². The minimum Gasteiger partial charge on any atom is -0.0429 e. The van der Waals surface area contributed by atoms with Crippen LogP contribution in [-0.2, 0) is 5.41 Å². The predicted molar refractivity (Wildman–Crippen MR) is 247 cm³/mol. The van der Waals surface area contributed by atoms with Gasteiger partial charge in [-0.05, 0) is 125 Å². The summed E-state index contributed by atoms with van der Waals surface area (Å²) in [6.07, 6.45) is 0. The van der Waals surface area contributed by atoms with Crippen molar-refractivity contribution in [3.8, 4) is 22.3 Å². The van der Waals surface area contributed by atoms with E-state index in [0.717, 1.165) is 0 Å². The number of rotatable bonds is 4. The fraction of sp³-hybridized carbons (Fsp3) is 0.382. The maximum atomic E-state index is 2.71. The normalized spacial score (nSPS) is 13.2. The van der Waals surface area contributed by atoms with Crippen LogP contribution in [0.2, 0.25) is 0 Å². The maximum absolute atomic E-state index is 2.71. The maximum Gasteiger partial charge on any atom is -0.0235 e. The molecule has 1 aliphatic rings. The molecule has 2 heteroatoms.